The fourth-order valence-electron chi connectivity index (χ4n) is 1.07. The highest BCUT2D eigenvalue weighted by Crippen LogP contribution is 2.27. The van der Waals surface area contributed by atoms with E-state index in [-0.39, 0.29) is 11.6 Å². The largest absolute Gasteiger partial charge is 0.480 e. The molecule has 0 aliphatic heterocycles. The molecule has 0 unspecified atom stereocenters. The minimum Gasteiger partial charge on any atom is -0.480 e. The topological polar surface area (TPSA) is 61.8 Å². The Labute approximate surface area is 130 Å². The number of rotatable bonds is 6. The van der Waals surface area contributed by atoms with Crippen molar-refractivity contribution in [2.45, 2.75) is 6.92 Å². The lowest BCUT2D eigenvalue weighted by atomic mass is 10.3. The molecular weight excluding hydrogens is 327 g/mol. The molecule has 0 aromatic heterocycles. The summed E-state index contributed by atoms with van der Waals surface area (Å²) >= 11 is 12.6. The standard InChI is InChI=1S/C12H12Cl2O5S/c1-2-20-12(16)19-7-18-11(15)6-17-10-4-3-8(13)5-9(10)14/h3-5H,2,6-7H2,1H3. The molecular formula is C12H12Cl2O5S. The summed E-state index contributed by atoms with van der Waals surface area (Å²) in [6.07, 6.45) is 0. The van der Waals surface area contributed by atoms with Crippen LogP contribution in [0.25, 0.3) is 0 Å². The third-order valence-corrected chi connectivity index (χ3v) is 3.07. The van der Waals surface area contributed by atoms with Gasteiger partial charge >= 0.3 is 11.3 Å². The Morgan fingerprint density at radius 1 is 1.25 bits per heavy atom. The molecule has 0 saturated heterocycles. The van der Waals surface area contributed by atoms with E-state index >= 15 is 0 Å². The fourth-order valence-corrected chi connectivity index (χ4v) is 1.90. The average molecular weight is 339 g/mol. The Balaban J connectivity index is 2.28. The van der Waals surface area contributed by atoms with Crippen molar-refractivity contribution in [2.24, 2.45) is 0 Å². The molecule has 110 valence electrons. The number of esters is 1. The van der Waals surface area contributed by atoms with Crippen molar-refractivity contribution in [1.29, 1.82) is 0 Å². The van der Waals surface area contributed by atoms with Gasteiger partial charge in [-0.25, -0.2) is 9.59 Å². The van der Waals surface area contributed by atoms with Gasteiger partial charge in [-0.15, -0.1) is 0 Å². The van der Waals surface area contributed by atoms with Gasteiger partial charge in [0.25, 0.3) is 0 Å². The van der Waals surface area contributed by atoms with E-state index in [9.17, 15) is 9.59 Å². The zero-order chi connectivity index (χ0) is 15.0. The quantitative estimate of drug-likeness (QED) is 0.581. The first-order valence-corrected chi connectivity index (χ1v) is 7.30. The van der Waals surface area contributed by atoms with Crippen molar-refractivity contribution in [2.75, 3.05) is 19.2 Å². The Morgan fingerprint density at radius 3 is 2.65 bits per heavy atom. The van der Waals surface area contributed by atoms with Crippen molar-refractivity contribution < 1.29 is 23.8 Å². The minimum atomic E-state index is -0.676. The van der Waals surface area contributed by atoms with Gasteiger partial charge in [-0.05, 0) is 30.0 Å². The maximum absolute atomic E-state index is 11.3. The smallest absolute Gasteiger partial charge is 0.370 e. The molecule has 0 N–H and O–H groups in total. The van der Waals surface area contributed by atoms with Crippen LogP contribution in [-0.2, 0) is 14.3 Å². The van der Waals surface area contributed by atoms with Crippen LogP contribution in [0.1, 0.15) is 6.92 Å². The molecule has 20 heavy (non-hydrogen) atoms. The third-order valence-electron chi connectivity index (χ3n) is 1.90. The van der Waals surface area contributed by atoms with Gasteiger partial charge in [-0.2, -0.15) is 0 Å². The van der Waals surface area contributed by atoms with Crippen LogP contribution in [-0.4, -0.2) is 30.4 Å². The lowest BCUT2D eigenvalue weighted by Gasteiger charge is -2.08. The molecule has 0 bridgehead atoms. The van der Waals surface area contributed by atoms with Gasteiger partial charge in [0.05, 0.1) is 5.02 Å². The zero-order valence-electron chi connectivity index (χ0n) is 10.6. The molecule has 0 heterocycles. The lowest BCUT2D eigenvalue weighted by molar-refractivity contribution is -0.153. The predicted octanol–water partition coefficient (Wildman–Crippen LogP) is 3.76. The highest BCUT2D eigenvalue weighted by atomic mass is 35.5. The van der Waals surface area contributed by atoms with Gasteiger partial charge in [0, 0.05) is 10.8 Å². The molecule has 1 aromatic rings. The number of ether oxygens (including phenoxy) is 3. The van der Waals surface area contributed by atoms with Crippen molar-refractivity contribution in [3.8, 4) is 5.75 Å². The predicted molar refractivity (Wildman–Crippen MR) is 77.5 cm³/mol. The molecule has 1 rings (SSSR count). The molecule has 1 aromatic carbocycles. The first-order chi connectivity index (χ1) is 9.52. The monoisotopic (exact) mass is 338 g/mol. The van der Waals surface area contributed by atoms with Crippen LogP contribution < -0.4 is 4.74 Å². The van der Waals surface area contributed by atoms with Gasteiger partial charge < -0.3 is 14.2 Å². The van der Waals surface area contributed by atoms with E-state index in [1.807, 2.05) is 6.92 Å². The van der Waals surface area contributed by atoms with Gasteiger partial charge in [0.2, 0.25) is 6.79 Å². The van der Waals surface area contributed by atoms with E-state index in [1.165, 1.54) is 12.1 Å². The SMILES string of the molecule is CCSC(=O)OCOC(=O)COc1ccc(Cl)cc1Cl. The number of carbonyl (C=O) groups excluding carboxylic acids is 2. The maximum Gasteiger partial charge on any atom is 0.370 e. The van der Waals surface area contributed by atoms with Crippen molar-refractivity contribution in [1.82, 2.24) is 0 Å². The second kappa shape index (κ2) is 8.94. The van der Waals surface area contributed by atoms with Crippen LogP contribution in [0.15, 0.2) is 18.2 Å². The molecule has 0 aliphatic rings. The summed E-state index contributed by atoms with van der Waals surface area (Å²) in [5, 5.41) is 0.253. The number of hydrogen-bond donors (Lipinski definition) is 0. The summed E-state index contributed by atoms with van der Waals surface area (Å²) in [7, 11) is 0. The molecule has 8 heteroatoms. The summed E-state index contributed by atoms with van der Waals surface area (Å²) < 4.78 is 14.4. The lowest BCUT2D eigenvalue weighted by Crippen LogP contribution is -2.17. The van der Waals surface area contributed by atoms with E-state index in [0.717, 1.165) is 11.8 Å². The molecule has 0 radical (unpaired) electrons. The van der Waals surface area contributed by atoms with Gasteiger partial charge in [0.1, 0.15) is 5.75 Å². The average Bonchev–Trinajstić information content (AvgIpc) is 2.38. The van der Waals surface area contributed by atoms with Crippen LogP contribution in [0, 0.1) is 0 Å². The number of halogens is 2. The maximum atomic E-state index is 11.3. The molecule has 5 nitrogen and oxygen atoms in total. The van der Waals surface area contributed by atoms with E-state index in [1.54, 1.807) is 6.07 Å². The van der Waals surface area contributed by atoms with Crippen molar-refractivity contribution in [3.63, 3.8) is 0 Å². The van der Waals surface area contributed by atoms with E-state index in [2.05, 4.69) is 9.47 Å². The third kappa shape index (κ3) is 6.36. The Kier molecular flexibility index (Phi) is 7.58. The second-order valence-corrected chi connectivity index (χ2v) is 5.37. The summed E-state index contributed by atoms with van der Waals surface area (Å²) in [5.41, 5.74) is 0. The number of carbonyl (C=O) groups is 2. The molecule has 0 spiro atoms. The Hall–Kier alpha value is -1.11. The fraction of sp³-hybridized carbons (Fsp3) is 0.333. The van der Waals surface area contributed by atoms with Gasteiger partial charge in [-0.3, -0.25) is 0 Å². The number of hydrogen-bond acceptors (Lipinski definition) is 6. The summed E-state index contributed by atoms with van der Waals surface area (Å²) in [5.74, 6) is 0.224. The van der Waals surface area contributed by atoms with Crippen LogP contribution in [0.4, 0.5) is 4.79 Å². The molecule has 0 saturated carbocycles. The summed E-state index contributed by atoms with van der Waals surface area (Å²) in [6, 6.07) is 4.61. The first-order valence-electron chi connectivity index (χ1n) is 5.56. The van der Waals surface area contributed by atoms with Crippen LogP contribution in [0.5, 0.6) is 5.75 Å². The van der Waals surface area contributed by atoms with Crippen molar-refractivity contribution in [3.05, 3.63) is 28.2 Å². The molecule has 0 atom stereocenters. The Morgan fingerprint density at radius 2 is 2.00 bits per heavy atom. The molecule has 0 fully saturated rings. The normalized spacial score (nSPS) is 9.95. The Bertz CT molecular complexity index is 481. The zero-order valence-corrected chi connectivity index (χ0v) is 12.9. The summed E-state index contributed by atoms with van der Waals surface area (Å²) in [6.45, 7) is 1.02. The van der Waals surface area contributed by atoms with Crippen LogP contribution in [0.3, 0.4) is 0 Å². The molecule has 0 aliphatic carbocycles. The number of benzene rings is 1. The minimum absolute atomic E-state index is 0.288. The number of thioether (sulfide) groups is 1. The first kappa shape index (κ1) is 16.9. The highest BCUT2D eigenvalue weighted by molar-refractivity contribution is 8.13. The van der Waals surface area contributed by atoms with E-state index in [4.69, 9.17) is 27.9 Å². The van der Waals surface area contributed by atoms with Gasteiger partial charge in [0.15, 0.2) is 6.61 Å². The molecule has 0 amide bonds. The van der Waals surface area contributed by atoms with Crippen LogP contribution in [0.2, 0.25) is 10.0 Å². The van der Waals surface area contributed by atoms with Gasteiger partial charge in [-0.1, -0.05) is 30.1 Å². The summed E-state index contributed by atoms with van der Waals surface area (Å²) in [4.78, 5) is 22.3. The van der Waals surface area contributed by atoms with Crippen molar-refractivity contribution >= 4 is 46.2 Å². The van der Waals surface area contributed by atoms with Crippen LogP contribution >= 0.6 is 35.0 Å². The second-order valence-electron chi connectivity index (χ2n) is 3.32. The van der Waals surface area contributed by atoms with E-state index in [0.29, 0.717) is 16.5 Å². The van der Waals surface area contributed by atoms with E-state index < -0.39 is 18.1 Å². The highest BCUT2D eigenvalue weighted by Gasteiger charge is 2.09.